The van der Waals surface area contributed by atoms with E-state index in [2.05, 4.69) is 25.5 Å². The number of hydrogen-bond donors (Lipinski definition) is 3. The van der Waals surface area contributed by atoms with Gasteiger partial charge in [0.1, 0.15) is 0 Å². The van der Waals surface area contributed by atoms with Crippen LogP contribution >= 0.6 is 11.6 Å². The van der Waals surface area contributed by atoms with Crippen LogP contribution in [0, 0.1) is 6.92 Å². The van der Waals surface area contributed by atoms with Crippen LogP contribution in [-0.4, -0.2) is 46.4 Å². The summed E-state index contributed by atoms with van der Waals surface area (Å²) in [5.74, 6) is -0.260. The Balaban J connectivity index is 1.86. The van der Waals surface area contributed by atoms with Crippen LogP contribution in [0.1, 0.15) is 27.3 Å². The molecule has 3 rings (SSSR count). The summed E-state index contributed by atoms with van der Waals surface area (Å²) in [4.78, 5) is 20.6. The minimum atomic E-state index is -4.66. The monoisotopic (exact) mass is 484 g/mol. The topological polar surface area (TPSA) is 128 Å². The van der Waals surface area contributed by atoms with Crippen molar-refractivity contribution < 1.29 is 27.4 Å². The fraction of sp³-hybridized carbons (Fsp3) is 0.300. The first-order valence-corrected chi connectivity index (χ1v) is 9.94. The molecule has 1 aromatic carbocycles. The third kappa shape index (κ3) is 5.71. The molecule has 176 valence electrons. The molecule has 0 fully saturated rings. The Morgan fingerprint density at radius 1 is 1.27 bits per heavy atom. The van der Waals surface area contributed by atoms with E-state index in [0.717, 1.165) is 6.07 Å². The molecule has 0 aliphatic rings. The molecule has 4 N–H and O–H groups in total. The smallest absolute Gasteiger partial charge is 0.417 e. The molecular weight excluding hydrogens is 465 g/mol. The first-order valence-electron chi connectivity index (χ1n) is 9.56. The molecule has 0 aliphatic carbocycles. The summed E-state index contributed by atoms with van der Waals surface area (Å²) >= 11 is 6.10. The zero-order valence-electron chi connectivity index (χ0n) is 17.6. The Bertz CT molecular complexity index is 1150. The van der Waals surface area contributed by atoms with Gasteiger partial charge < -0.3 is 20.5 Å². The zero-order chi connectivity index (χ0) is 24.2. The van der Waals surface area contributed by atoms with Crippen LogP contribution in [0.25, 0.3) is 11.1 Å². The molecule has 0 amide bonds. The summed E-state index contributed by atoms with van der Waals surface area (Å²) in [5, 5.41) is 8.67. The van der Waals surface area contributed by atoms with Gasteiger partial charge in [0, 0.05) is 17.7 Å². The number of halogens is 4. The van der Waals surface area contributed by atoms with Gasteiger partial charge in [0.2, 0.25) is 11.9 Å². The van der Waals surface area contributed by atoms with Gasteiger partial charge in [-0.15, -0.1) is 5.10 Å². The number of carbonyl (C=O) groups excluding carboxylic acids is 1. The number of pyridine rings is 1. The second-order valence-electron chi connectivity index (χ2n) is 6.80. The Morgan fingerprint density at radius 3 is 2.67 bits per heavy atom. The van der Waals surface area contributed by atoms with Crippen LogP contribution in [-0.2, 0) is 22.3 Å². The highest BCUT2D eigenvalue weighted by Crippen LogP contribution is 2.41. The molecule has 2 aromatic heterocycles. The molecule has 0 unspecified atom stereocenters. The lowest BCUT2D eigenvalue weighted by atomic mass is 9.96. The van der Waals surface area contributed by atoms with Crippen molar-refractivity contribution in [2.24, 2.45) is 0 Å². The molecule has 0 aliphatic heterocycles. The predicted molar refractivity (Wildman–Crippen MR) is 115 cm³/mol. The maximum absolute atomic E-state index is 13.4. The summed E-state index contributed by atoms with van der Waals surface area (Å²) in [7, 11) is 1.17. The molecule has 33 heavy (non-hydrogen) atoms. The fourth-order valence-corrected chi connectivity index (χ4v) is 3.44. The highest BCUT2D eigenvalue weighted by molar-refractivity contribution is 6.34. The Morgan fingerprint density at radius 2 is 2.03 bits per heavy atom. The predicted octanol–water partition coefficient (Wildman–Crippen LogP) is 3.84. The second-order valence-corrected chi connectivity index (χ2v) is 7.18. The number of hydrogen-bond acceptors (Lipinski definition) is 8. The minimum absolute atomic E-state index is 0.0198. The SMILES string of the molecule is COC(=O)c1c(-c2cccc(C(F)(F)F)c2Cl)cc(COCCNc2n[nH]c(N)n2)nc1C. The van der Waals surface area contributed by atoms with E-state index in [4.69, 9.17) is 26.8 Å². The van der Waals surface area contributed by atoms with Crippen LogP contribution in [0.5, 0.6) is 0 Å². The molecule has 0 atom stereocenters. The molecule has 3 aromatic rings. The Kier molecular flexibility index (Phi) is 7.39. The lowest BCUT2D eigenvalue weighted by Crippen LogP contribution is -2.13. The van der Waals surface area contributed by atoms with Gasteiger partial charge in [0.25, 0.3) is 0 Å². The Labute approximate surface area is 191 Å². The van der Waals surface area contributed by atoms with Crippen LogP contribution in [0.4, 0.5) is 25.1 Å². The van der Waals surface area contributed by atoms with Crippen molar-refractivity contribution in [3.05, 3.63) is 51.8 Å². The maximum atomic E-state index is 13.4. The van der Waals surface area contributed by atoms with E-state index >= 15 is 0 Å². The third-order valence-corrected chi connectivity index (χ3v) is 4.93. The van der Waals surface area contributed by atoms with Crippen LogP contribution in [0.15, 0.2) is 24.3 Å². The van der Waals surface area contributed by atoms with Crippen molar-refractivity contribution in [3.8, 4) is 11.1 Å². The number of aromatic amines is 1. The zero-order valence-corrected chi connectivity index (χ0v) is 18.3. The highest BCUT2D eigenvalue weighted by Gasteiger charge is 2.34. The van der Waals surface area contributed by atoms with E-state index in [1.807, 2.05) is 0 Å². The van der Waals surface area contributed by atoms with Gasteiger partial charge in [-0.2, -0.15) is 18.2 Å². The molecule has 9 nitrogen and oxygen atoms in total. The number of alkyl halides is 3. The largest absolute Gasteiger partial charge is 0.465 e. The van der Waals surface area contributed by atoms with Gasteiger partial charge in [-0.3, -0.25) is 4.98 Å². The standard InChI is InChI=1S/C20H20ClF3N6O3/c1-10-15(17(31)32-2)13(12-4-3-5-14(16(12)21)20(22,23)24)8-11(27-10)9-33-7-6-26-19-28-18(25)29-30-19/h3-5,8H,6-7,9H2,1-2H3,(H4,25,26,28,29,30). The van der Waals surface area contributed by atoms with Crippen molar-refractivity contribution in [2.75, 3.05) is 31.3 Å². The normalized spacial score (nSPS) is 11.5. The summed E-state index contributed by atoms with van der Waals surface area (Å²) in [5.41, 5.74) is 5.30. The van der Waals surface area contributed by atoms with Crippen molar-refractivity contribution >= 4 is 29.5 Å². The number of nitrogen functional groups attached to an aromatic ring is 1. The second kappa shape index (κ2) is 10.0. The number of nitrogens with one attached hydrogen (secondary N) is 2. The first-order chi connectivity index (χ1) is 15.6. The van der Waals surface area contributed by atoms with E-state index in [0.29, 0.717) is 18.2 Å². The molecule has 0 saturated carbocycles. The summed E-state index contributed by atoms with van der Waals surface area (Å²) < 4.78 is 50.5. The lowest BCUT2D eigenvalue weighted by Gasteiger charge is -2.17. The van der Waals surface area contributed by atoms with Crippen LogP contribution < -0.4 is 11.1 Å². The quantitative estimate of drug-likeness (QED) is 0.325. The molecular formula is C20H20ClF3N6O3. The number of anilines is 2. The van der Waals surface area contributed by atoms with Crippen molar-refractivity contribution in [1.82, 2.24) is 20.2 Å². The number of nitrogens with zero attached hydrogens (tertiary/aromatic N) is 3. The summed E-state index contributed by atoms with van der Waals surface area (Å²) in [6.07, 6.45) is -4.66. The molecule has 2 heterocycles. The van der Waals surface area contributed by atoms with E-state index in [1.165, 1.54) is 25.3 Å². The van der Waals surface area contributed by atoms with Gasteiger partial charge >= 0.3 is 12.1 Å². The summed E-state index contributed by atoms with van der Waals surface area (Å²) in [6.45, 7) is 2.19. The van der Waals surface area contributed by atoms with Gasteiger partial charge in [0.15, 0.2) is 0 Å². The van der Waals surface area contributed by atoms with Gasteiger partial charge in [-0.25, -0.2) is 9.89 Å². The van der Waals surface area contributed by atoms with Crippen molar-refractivity contribution in [1.29, 1.82) is 0 Å². The lowest BCUT2D eigenvalue weighted by molar-refractivity contribution is -0.137. The van der Waals surface area contributed by atoms with Crippen LogP contribution in [0.3, 0.4) is 0 Å². The molecule has 0 radical (unpaired) electrons. The van der Waals surface area contributed by atoms with Crippen LogP contribution in [0.2, 0.25) is 5.02 Å². The number of aryl methyl sites for hydroxylation is 1. The van der Waals surface area contributed by atoms with Crippen molar-refractivity contribution in [3.63, 3.8) is 0 Å². The first kappa shape index (κ1) is 24.3. The number of ether oxygens (including phenoxy) is 2. The number of benzene rings is 1. The highest BCUT2D eigenvalue weighted by atomic mass is 35.5. The Hall–Kier alpha value is -3.38. The van der Waals surface area contributed by atoms with Crippen molar-refractivity contribution in [2.45, 2.75) is 19.7 Å². The number of carbonyl (C=O) groups is 1. The number of nitrogens with two attached hydrogens (primary N) is 1. The minimum Gasteiger partial charge on any atom is -0.465 e. The average molecular weight is 485 g/mol. The number of aromatic nitrogens is 4. The number of H-pyrrole nitrogens is 1. The van der Waals surface area contributed by atoms with E-state index in [-0.39, 0.29) is 41.5 Å². The number of methoxy groups -OCH3 is 1. The van der Waals surface area contributed by atoms with E-state index < -0.39 is 22.7 Å². The average Bonchev–Trinajstić information content (AvgIpc) is 3.17. The van der Waals surface area contributed by atoms with Gasteiger partial charge in [-0.05, 0) is 19.1 Å². The van der Waals surface area contributed by atoms with E-state index in [9.17, 15) is 18.0 Å². The summed E-state index contributed by atoms with van der Waals surface area (Å²) in [6, 6.07) is 4.95. The maximum Gasteiger partial charge on any atom is 0.417 e. The van der Waals surface area contributed by atoms with Gasteiger partial charge in [-0.1, -0.05) is 23.7 Å². The molecule has 0 bridgehead atoms. The number of esters is 1. The molecule has 0 spiro atoms. The molecule has 13 heteroatoms. The molecule has 0 saturated heterocycles. The van der Waals surface area contributed by atoms with Gasteiger partial charge in [0.05, 0.1) is 47.9 Å². The third-order valence-electron chi connectivity index (χ3n) is 4.52. The number of rotatable bonds is 8. The van der Waals surface area contributed by atoms with E-state index in [1.54, 1.807) is 6.92 Å². The fourth-order valence-electron chi connectivity index (χ4n) is 3.11.